The molecule has 4 heteroatoms. The van der Waals surface area contributed by atoms with Crippen molar-refractivity contribution in [1.29, 1.82) is 0 Å². The third kappa shape index (κ3) is 6.31. The molecular weight excluding hydrogens is 316 g/mol. The van der Waals surface area contributed by atoms with Gasteiger partial charge >= 0.3 is 0 Å². The summed E-state index contributed by atoms with van der Waals surface area (Å²) in [7, 11) is 3.08. The van der Waals surface area contributed by atoms with Crippen molar-refractivity contribution in [3.63, 3.8) is 0 Å². The molecule has 1 unspecified atom stereocenters. The van der Waals surface area contributed by atoms with Gasteiger partial charge in [-0.1, -0.05) is 24.6 Å². The van der Waals surface area contributed by atoms with E-state index in [0.717, 1.165) is 11.3 Å². The van der Waals surface area contributed by atoms with Crippen molar-refractivity contribution in [3.8, 4) is 17.2 Å². The minimum atomic E-state index is -1.52. The maximum Gasteiger partial charge on any atom is 0.160 e. The second-order valence-corrected chi connectivity index (χ2v) is 5.92. The maximum absolute atomic E-state index is 10.1. The molecule has 0 amide bonds. The number of aliphatic hydroxyl groups is 1. The van der Waals surface area contributed by atoms with E-state index < -0.39 is 12.5 Å². The van der Waals surface area contributed by atoms with Gasteiger partial charge in [-0.2, -0.15) is 0 Å². The summed E-state index contributed by atoms with van der Waals surface area (Å²) in [4.78, 5) is 0. The zero-order valence-electron chi connectivity index (χ0n) is 17.1. The number of hydrogen-bond donors (Lipinski definition) is 1. The molecule has 0 spiro atoms. The molecular formula is C21H28O4. The Morgan fingerprint density at radius 1 is 1.04 bits per heavy atom. The second kappa shape index (κ2) is 9.94. The molecule has 0 aliphatic heterocycles. The van der Waals surface area contributed by atoms with Gasteiger partial charge in [0, 0.05) is 2.74 Å². The third-order valence-corrected chi connectivity index (χ3v) is 3.86. The number of hydrogen-bond acceptors (Lipinski definition) is 4. The van der Waals surface area contributed by atoms with Crippen LogP contribution in [0.15, 0.2) is 42.5 Å². The number of aryl methyl sites for hydroxylation is 2. The highest BCUT2D eigenvalue weighted by molar-refractivity contribution is 5.42. The monoisotopic (exact) mass is 346 g/mol. The van der Waals surface area contributed by atoms with Gasteiger partial charge in [-0.3, -0.25) is 0 Å². The van der Waals surface area contributed by atoms with Gasteiger partial charge in [0.25, 0.3) is 0 Å². The largest absolute Gasteiger partial charge is 0.493 e. The normalized spacial score (nSPS) is 13.6. The Morgan fingerprint density at radius 3 is 2.56 bits per heavy atom. The highest BCUT2D eigenvalue weighted by Crippen LogP contribution is 2.28. The van der Waals surface area contributed by atoms with Crippen LogP contribution >= 0.6 is 0 Å². The lowest BCUT2D eigenvalue weighted by atomic mass is 10.0. The Morgan fingerprint density at radius 2 is 1.84 bits per heavy atom. The van der Waals surface area contributed by atoms with Crippen LogP contribution in [0.2, 0.25) is 0 Å². The van der Waals surface area contributed by atoms with Crippen molar-refractivity contribution in [3.05, 3.63) is 53.6 Å². The van der Waals surface area contributed by atoms with Crippen molar-refractivity contribution in [2.24, 2.45) is 0 Å². The van der Waals surface area contributed by atoms with Gasteiger partial charge in [-0.05, 0) is 61.5 Å². The van der Waals surface area contributed by atoms with E-state index in [1.54, 1.807) is 25.3 Å². The zero-order valence-corrected chi connectivity index (χ0v) is 15.1. The Balaban J connectivity index is 1.84. The van der Waals surface area contributed by atoms with E-state index in [2.05, 4.69) is 0 Å². The van der Waals surface area contributed by atoms with E-state index in [1.165, 1.54) is 7.11 Å². The van der Waals surface area contributed by atoms with Gasteiger partial charge in [0.15, 0.2) is 11.5 Å². The summed E-state index contributed by atoms with van der Waals surface area (Å²) in [6, 6.07) is 12.7. The molecule has 2 aromatic carbocycles. The molecule has 0 saturated carbocycles. The third-order valence-electron chi connectivity index (χ3n) is 3.86. The van der Waals surface area contributed by atoms with Crippen LogP contribution in [0, 0.1) is 6.92 Å². The van der Waals surface area contributed by atoms with Crippen molar-refractivity contribution < 1.29 is 22.1 Å². The lowest BCUT2D eigenvalue weighted by molar-refractivity contribution is 0.0976. The van der Waals surface area contributed by atoms with Crippen molar-refractivity contribution in [2.75, 3.05) is 20.8 Å². The Bertz CT molecular complexity index is 734. The number of methoxy groups -OCH3 is 2. The van der Waals surface area contributed by atoms with Gasteiger partial charge in [-0.15, -0.1) is 0 Å². The molecule has 0 aliphatic rings. The molecule has 0 radical (unpaired) electrons. The molecule has 0 aromatic heterocycles. The van der Waals surface area contributed by atoms with Crippen molar-refractivity contribution in [2.45, 2.75) is 38.7 Å². The standard InChI is InChI=1S/C21H28O4/c1-16-7-6-10-19(13-16)25-15-18(22)9-5-4-8-17-11-12-20(23-2)21(14-17)24-3/h6-7,10-14,18,22H,4-5,8-9,15H2,1-3H3/i8D2. The maximum atomic E-state index is 10.1. The summed E-state index contributed by atoms with van der Waals surface area (Å²) in [5.41, 5.74) is 1.63. The second-order valence-electron chi connectivity index (χ2n) is 5.92. The average molecular weight is 346 g/mol. The number of rotatable bonds is 10. The van der Waals surface area contributed by atoms with E-state index in [9.17, 15) is 5.11 Å². The summed E-state index contributed by atoms with van der Waals surface area (Å²) < 4.78 is 32.7. The molecule has 0 heterocycles. The minimum absolute atomic E-state index is 0.197. The number of ether oxygens (including phenoxy) is 3. The predicted molar refractivity (Wildman–Crippen MR) is 99.8 cm³/mol. The molecule has 2 aromatic rings. The van der Waals surface area contributed by atoms with Crippen LogP contribution in [0.5, 0.6) is 17.2 Å². The van der Waals surface area contributed by atoms with Crippen molar-refractivity contribution in [1.82, 2.24) is 0 Å². The van der Waals surface area contributed by atoms with E-state index in [1.807, 2.05) is 31.2 Å². The molecule has 4 nitrogen and oxygen atoms in total. The molecule has 0 aliphatic carbocycles. The molecule has 25 heavy (non-hydrogen) atoms. The fraction of sp³-hybridized carbons (Fsp3) is 0.429. The van der Waals surface area contributed by atoms with Crippen LogP contribution in [0.3, 0.4) is 0 Å². The average Bonchev–Trinajstić information content (AvgIpc) is 2.65. The predicted octanol–water partition coefficient (Wildman–Crippen LogP) is 4.16. The molecule has 1 atom stereocenters. The lowest BCUT2D eigenvalue weighted by Gasteiger charge is -2.13. The van der Waals surface area contributed by atoms with Gasteiger partial charge < -0.3 is 19.3 Å². The highest BCUT2D eigenvalue weighted by atomic mass is 16.5. The fourth-order valence-electron chi connectivity index (χ4n) is 2.50. The van der Waals surface area contributed by atoms with Gasteiger partial charge in [0.1, 0.15) is 12.4 Å². The van der Waals surface area contributed by atoms with Crippen LogP contribution in [0.25, 0.3) is 0 Å². The molecule has 1 N–H and O–H groups in total. The smallest absolute Gasteiger partial charge is 0.160 e. The van der Waals surface area contributed by atoms with Gasteiger partial charge in [0.2, 0.25) is 0 Å². The van der Waals surface area contributed by atoms with E-state index in [4.69, 9.17) is 17.0 Å². The molecule has 2 rings (SSSR count). The van der Waals surface area contributed by atoms with Crippen LogP contribution in [-0.4, -0.2) is 32.0 Å². The van der Waals surface area contributed by atoms with E-state index in [0.29, 0.717) is 36.3 Å². The molecule has 0 fully saturated rings. The summed E-state index contributed by atoms with van der Waals surface area (Å²) in [6.45, 7) is 2.18. The van der Waals surface area contributed by atoms with Crippen LogP contribution in [-0.2, 0) is 6.37 Å². The van der Waals surface area contributed by atoms with Crippen LogP contribution in [0.1, 0.15) is 33.1 Å². The number of benzene rings is 2. The summed E-state index contributed by atoms with van der Waals surface area (Å²) >= 11 is 0. The summed E-state index contributed by atoms with van der Waals surface area (Å²) in [6.07, 6.45) is -0.842. The first-order chi connectivity index (χ1) is 12.9. The van der Waals surface area contributed by atoms with Crippen LogP contribution < -0.4 is 14.2 Å². The Labute approximate surface area is 153 Å². The van der Waals surface area contributed by atoms with E-state index >= 15 is 0 Å². The lowest BCUT2D eigenvalue weighted by Crippen LogP contribution is -2.17. The zero-order chi connectivity index (χ0) is 19.9. The first kappa shape index (κ1) is 16.3. The highest BCUT2D eigenvalue weighted by Gasteiger charge is 2.07. The number of aliphatic hydroxyl groups excluding tert-OH is 1. The van der Waals surface area contributed by atoms with E-state index in [-0.39, 0.29) is 6.61 Å². The molecule has 136 valence electrons. The Kier molecular flexibility index (Phi) is 6.47. The van der Waals surface area contributed by atoms with Crippen molar-refractivity contribution >= 4 is 0 Å². The summed E-state index contributed by atoms with van der Waals surface area (Å²) in [5, 5.41) is 10.1. The first-order valence-corrected chi connectivity index (χ1v) is 8.46. The minimum Gasteiger partial charge on any atom is -0.493 e. The quantitative estimate of drug-likeness (QED) is 0.701. The van der Waals surface area contributed by atoms with Crippen LogP contribution in [0.4, 0.5) is 0 Å². The fourth-order valence-corrected chi connectivity index (χ4v) is 2.50. The summed E-state index contributed by atoms with van der Waals surface area (Å²) in [5.74, 6) is 1.81. The topological polar surface area (TPSA) is 47.9 Å². The molecule has 0 saturated heterocycles. The first-order valence-electron chi connectivity index (χ1n) is 9.46. The van der Waals surface area contributed by atoms with Gasteiger partial charge in [-0.25, -0.2) is 0 Å². The molecule has 0 bridgehead atoms. The Hall–Kier alpha value is -2.20. The van der Waals surface area contributed by atoms with Gasteiger partial charge in [0.05, 0.1) is 20.3 Å². The SMILES string of the molecule is [2H]C([2H])(CCCC(O)COc1cccc(C)c1)c1ccc(OC)c(OC)c1.